The molecule has 0 spiro atoms. The second-order valence-electron chi connectivity index (χ2n) is 4.42. The Balaban J connectivity index is 2.02. The minimum absolute atomic E-state index is 0.640. The monoisotopic (exact) mass is 240 g/mol. The van der Waals surface area contributed by atoms with Gasteiger partial charge in [-0.2, -0.15) is 0 Å². The fourth-order valence-electron chi connectivity index (χ4n) is 1.97. The van der Waals surface area contributed by atoms with Crippen molar-refractivity contribution in [3.05, 3.63) is 65.2 Å². The zero-order valence-electron chi connectivity index (χ0n) is 11.1. The molecule has 0 aliphatic carbocycles. The van der Waals surface area contributed by atoms with E-state index < -0.39 is 0 Å². The van der Waals surface area contributed by atoms with Crippen LogP contribution in [0.2, 0.25) is 0 Å². The van der Waals surface area contributed by atoms with Crippen molar-refractivity contribution in [2.75, 3.05) is 0 Å². The number of rotatable bonds is 5. The van der Waals surface area contributed by atoms with Crippen LogP contribution in [0.1, 0.15) is 30.5 Å². The fraction of sp³-hybridized carbons (Fsp3) is 0.294. The van der Waals surface area contributed by atoms with Crippen LogP contribution in [0, 0.1) is 0 Å². The first-order valence-electron chi connectivity index (χ1n) is 6.62. The molecule has 1 heteroatoms. The van der Waals surface area contributed by atoms with E-state index in [4.69, 9.17) is 4.74 Å². The Morgan fingerprint density at radius 1 is 0.778 bits per heavy atom. The lowest BCUT2D eigenvalue weighted by Crippen LogP contribution is -1.98. The highest BCUT2D eigenvalue weighted by molar-refractivity contribution is 5.33. The van der Waals surface area contributed by atoms with Gasteiger partial charge in [-0.1, -0.05) is 56.3 Å². The molecule has 0 N–H and O–H groups in total. The molecule has 0 aliphatic heterocycles. The van der Waals surface area contributed by atoms with Gasteiger partial charge < -0.3 is 4.74 Å². The third kappa shape index (κ3) is 3.13. The van der Waals surface area contributed by atoms with Crippen molar-refractivity contribution < 1.29 is 4.74 Å². The van der Waals surface area contributed by atoms with Crippen molar-refractivity contribution in [2.24, 2.45) is 0 Å². The first-order valence-corrected chi connectivity index (χ1v) is 6.62. The number of benzene rings is 2. The molecule has 2 aromatic carbocycles. The van der Waals surface area contributed by atoms with Crippen LogP contribution in [0.5, 0.6) is 5.75 Å². The van der Waals surface area contributed by atoms with E-state index in [0.717, 1.165) is 18.6 Å². The minimum Gasteiger partial charge on any atom is -0.489 e. The maximum absolute atomic E-state index is 5.89. The predicted octanol–water partition coefficient (Wildman–Crippen LogP) is 4.39. The Kier molecular flexibility index (Phi) is 4.40. The molecular formula is C17H20O. The Hall–Kier alpha value is -1.76. The van der Waals surface area contributed by atoms with Gasteiger partial charge in [0.15, 0.2) is 0 Å². The van der Waals surface area contributed by atoms with Crippen LogP contribution >= 0.6 is 0 Å². The summed E-state index contributed by atoms with van der Waals surface area (Å²) in [7, 11) is 0. The molecule has 0 heterocycles. The van der Waals surface area contributed by atoms with Gasteiger partial charge in [0.05, 0.1) is 0 Å². The molecule has 0 radical (unpaired) electrons. The van der Waals surface area contributed by atoms with E-state index in [1.54, 1.807) is 0 Å². The van der Waals surface area contributed by atoms with Crippen LogP contribution in [-0.2, 0) is 19.4 Å². The SMILES string of the molecule is CCc1ccc(COc2ccccc2CC)cc1. The van der Waals surface area contributed by atoms with Crippen LogP contribution in [0.25, 0.3) is 0 Å². The summed E-state index contributed by atoms with van der Waals surface area (Å²) in [5.74, 6) is 1.000. The molecule has 94 valence electrons. The van der Waals surface area contributed by atoms with Gasteiger partial charge in [0, 0.05) is 0 Å². The lowest BCUT2D eigenvalue weighted by molar-refractivity contribution is 0.303. The Bertz CT molecular complexity index is 485. The van der Waals surface area contributed by atoms with Gasteiger partial charge in [-0.05, 0) is 35.6 Å². The lowest BCUT2D eigenvalue weighted by atomic mass is 10.1. The number of hydrogen-bond donors (Lipinski definition) is 0. The van der Waals surface area contributed by atoms with Crippen molar-refractivity contribution in [2.45, 2.75) is 33.3 Å². The largest absolute Gasteiger partial charge is 0.489 e. The highest BCUT2D eigenvalue weighted by Crippen LogP contribution is 2.19. The van der Waals surface area contributed by atoms with Crippen molar-refractivity contribution in [1.29, 1.82) is 0 Å². The van der Waals surface area contributed by atoms with Gasteiger partial charge in [0.25, 0.3) is 0 Å². The summed E-state index contributed by atoms with van der Waals surface area (Å²) in [6.07, 6.45) is 2.09. The van der Waals surface area contributed by atoms with E-state index in [0.29, 0.717) is 6.61 Å². The molecular weight excluding hydrogens is 220 g/mol. The highest BCUT2D eigenvalue weighted by Gasteiger charge is 2.01. The Morgan fingerprint density at radius 3 is 2.11 bits per heavy atom. The molecule has 0 bridgehead atoms. The van der Waals surface area contributed by atoms with E-state index in [-0.39, 0.29) is 0 Å². The predicted molar refractivity (Wildman–Crippen MR) is 76.0 cm³/mol. The van der Waals surface area contributed by atoms with E-state index >= 15 is 0 Å². The summed E-state index contributed by atoms with van der Waals surface area (Å²) < 4.78 is 5.89. The van der Waals surface area contributed by atoms with Gasteiger partial charge in [0.2, 0.25) is 0 Å². The molecule has 0 saturated heterocycles. The first kappa shape index (κ1) is 12.7. The lowest BCUT2D eigenvalue weighted by Gasteiger charge is -2.10. The van der Waals surface area contributed by atoms with E-state index in [2.05, 4.69) is 50.2 Å². The van der Waals surface area contributed by atoms with Gasteiger partial charge in [-0.15, -0.1) is 0 Å². The normalized spacial score (nSPS) is 10.3. The maximum Gasteiger partial charge on any atom is 0.122 e. The summed E-state index contributed by atoms with van der Waals surface area (Å²) in [5.41, 5.74) is 3.86. The Labute approximate surface area is 109 Å². The average molecular weight is 240 g/mol. The van der Waals surface area contributed by atoms with Crippen molar-refractivity contribution in [3.63, 3.8) is 0 Å². The Morgan fingerprint density at radius 2 is 1.44 bits per heavy atom. The first-order chi connectivity index (χ1) is 8.83. The topological polar surface area (TPSA) is 9.23 Å². The summed E-state index contributed by atoms with van der Waals surface area (Å²) in [6.45, 7) is 4.96. The molecule has 0 saturated carbocycles. The average Bonchev–Trinajstić information content (AvgIpc) is 2.46. The van der Waals surface area contributed by atoms with Gasteiger partial charge >= 0.3 is 0 Å². The molecule has 0 amide bonds. The van der Waals surface area contributed by atoms with Gasteiger partial charge in [-0.25, -0.2) is 0 Å². The third-order valence-electron chi connectivity index (χ3n) is 3.18. The van der Waals surface area contributed by atoms with Gasteiger partial charge in [-0.3, -0.25) is 0 Å². The van der Waals surface area contributed by atoms with Crippen molar-refractivity contribution >= 4 is 0 Å². The summed E-state index contributed by atoms with van der Waals surface area (Å²) in [6, 6.07) is 16.9. The summed E-state index contributed by atoms with van der Waals surface area (Å²) >= 11 is 0. The summed E-state index contributed by atoms with van der Waals surface area (Å²) in [5, 5.41) is 0. The van der Waals surface area contributed by atoms with Crippen LogP contribution in [0.3, 0.4) is 0 Å². The molecule has 0 fully saturated rings. The molecule has 0 unspecified atom stereocenters. The maximum atomic E-state index is 5.89. The third-order valence-corrected chi connectivity index (χ3v) is 3.18. The number of hydrogen-bond acceptors (Lipinski definition) is 1. The second kappa shape index (κ2) is 6.25. The molecule has 1 nitrogen and oxygen atoms in total. The number of para-hydroxylation sites is 1. The van der Waals surface area contributed by atoms with Crippen LogP contribution in [0.15, 0.2) is 48.5 Å². The number of aryl methyl sites for hydroxylation is 2. The van der Waals surface area contributed by atoms with Crippen LogP contribution in [-0.4, -0.2) is 0 Å². The zero-order valence-corrected chi connectivity index (χ0v) is 11.1. The van der Waals surface area contributed by atoms with E-state index in [9.17, 15) is 0 Å². The minimum atomic E-state index is 0.640. The molecule has 0 aliphatic rings. The fourth-order valence-corrected chi connectivity index (χ4v) is 1.97. The molecule has 18 heavy (non-hydrogen) atoms. The van der Waals surface area contributed by atoms with Gasteiger partial charge in [0.1, 0.15) is 12.4 Å². The van der Waals surface area contributed by atoms with Crippen molar-refractivity contribution in [1.82, 2.24) is 0 Å². The van der Waals surface area contributed by atoms with Crippen LogP contribution < -0.4 is 4.74 Å². The van der Waals surface area contributed by atoms with E-state index in [1.165, 1.54) is 16.7 Å². The molecule has 0 aromatic heterocycles. The quantitative estimate of drug-likeness (QED) is 0.753. The van der Waals surface area contributed by atoms with Crippen LogP contribution in [0.4, 0.5) is 0 Å². The number of ether oxygens (including phenoxy) is 1. The second-order valence-corrected chi connectivity index (χ2v) is 4.42. The van der Waals surface area contributed by atoms with Crippen molar-refractivity contribution in [3.8, 4) is 5.75 Å². The van der Waals surface area contributed by atoms with E-state index in [1.807, 2.05) is 12.1 Å². The summed E-state index contributed by atoms with van der Waals surface area (Å²) in [4.78, 5) is 0. The molecule has 2 rings (SSSR count). The smallest absolute Gasteiger partial charge is 0.122 e. The molecule has 0 atom stereocenters. The highest BCUT2D eigenvalue weighted by atomic mass is 16.5. The standard InChI is InChI=1S/C17H20O/c1-3-14-9-11-15(12-10-14)13-18-17-8-6-5-7-16(17)4-2/h5-12H,3-4,13H2,1-2H3. The molecule has 2 aromatic rings. The zero-order chi connectivity index (χ0) is 12.8.